The molecule has 3 nitrogen and oxygen atoms in total. The van der Waals surface area contributed by atoms with Gasteiger partial charge in [0, 0.05) is 6.54 Å². The first-order chi connectivity index (χ1) is 5.91. The zero-order chi connectivity index (χ0) is 10.9. The van der Waals surface area contributed by atoms with E-state index < -0.39 is 5.60 Å². The van der Waals surface area contributed by atoms with Crippen LogP contribution in [0.25, 0.3) is 0 Å². The van der Waals surface area contributed by atoms with Gasteiger partial charge in [-0.25, -0.2) is 0 Å². The van der Waals surface area contributed by atoms with Crippen molar-refractivity contribution in [3.8, 4) is 0 Å². The molecule has 0 saturated carbocycles. The zero-order valence-corrected chi connectivity index (χ0v) is 9.80. The maximum Gasteiger partial charge on any atom is 0.0713 e. The molecular formula is C10H26N2O. The summed E-state index contributed by atoms with van der Waals surface area (Å²) in [4.78, 5) is 2.38. The number of aliphatic hydroxyl groups is 1. The second-order valence-electron chi connectivity index (χ2n) is 3.64. The SMILES string of the molecule is CC(C)(O)CN.CCN(CC)CC. The molecule has 82 valence electrons. The Kier molecular flexibility index (Phi) is 10.0. The quantitative estimate of drug-likeness (QED) is 0.697. The molecule has 0 aliphatic rings. The first-order valence-corrected chi connectivity index (χ1v) is 5.06. The monoisotopic (exact) mass is 190 g/mol. The minimum atomic E-state index is -0.681. The second kappa shape index (κ2) is 8.48. The standard InChI is InChI=1S/C6H15N.C4H11NO/c1-4-7(5-2)6-3;1-4(2,6)3-5/h4-6H2,1-3H3;6H,3,5H2,1-2H3. The van der Waals surface area contributed by atoms with Crippen LogP contribution in [0.2, 0.25) is 0 Å². The number of nitrogens with two attached hydrogens (primary N) is 1. The fourth-order valence-electron chi connectivity index (χ4n) is 0.671. The van der Waals surface area contributed by atoms with Crippen LogP contribution in [0, 0.1) is 0 Å². The average Bonchev–Trinajstić information content (AvgIpc) is 2.07. The van der Waals surface area contributed by atoms with E-state index in [1.807, 2.05) is 0 Å². The lowest BCUT2D eigenvalue weighted by Gasteiger charge is -2.13. The van der Waals surface area contributed by atoms with Crippen LogP contribution in [0.4, 0.5) is 0 Å². The zero-order valence-electron chi connectivity index (χ0n) is 9.80. The van der Waals surface area contributed by atoms with Crippen LogP contribution in [0.15, 0.2) is 0 Å². The van der Waals surface area contributed by atoms with E-state index in [0.29, 0.717) is 6.54 Å². The van der Waals surface area contributed by atoms with Crippen molar-refractivity contribution in [3.05, 3.63) is 0 Å². The van der Waals surface area contributed by atoms with Crippen molar-refractivity contribution < 1.29 is 5.11 Å². The fraction of sp³-hybridized carbons (Fsp3) is 1.00. The Hall–Kier alpha value is -0.120. The van der Waals surface area contributed by atoms with E-state index in [0.717, 1.165) is 0 Å². The van der Waals surface area contributed by atoms with Gasteiger partial charge in [-0.05, 0) is 33.5 Å². The van der Waals surface area contributed by atoms with Gasteiger partial charge in [-0.3, -0.25) is 0 Å². The normalized spacial score (nSPS) is 11.1. The number of rotatable bonds is 4. The highest BCUT2D eigenvalue weighted by Gasteiger charge is 2.06. The molecule has 0 aromatic rings. The van der Waals surface area contributed by atoms with Crippen molar-refractivity contribution in [2.75, 3.05) is 26.2 Å². The van der Waals surface area contributed by atoms with Gasteiger partial charge in [0.15, 0.2) is 0 Å². The van der Waals surface area contributed by atoms with Gasteiger partial charge < -0.3 is 15.7 Å². The van der Waals surface area contributed by atoms with Crippen molar-refractivity contribution >= 4 is 0 Å². The lowest BCUT2D eigenvalue weighted by Crippen LogP contribution is -2.29. The highest BCUT2D eigenvalue weighted by atomic mass is 16.3. The smallest absolute Gasteiger partial charge is 0.0713 e. The summed E-state index contributed by atoms with van der Waals surface area (Å²) in [6, 6.07) is 0. The van der Waals surface area contributed by atoms with Crippen molar-refractivity contribution in [1.29, 1.82) is 0 Å². The molecular weight excluding hydrogens is 164 g/mol. The van der Waals surface area contributed by atoms with Gasteiger partial charge in [0.25, 0.3) is 0 Å². The van der Waals surface area contributed by atoms with Crippen LogP contribution in [0.5, 0.6) is 0 Å². The maximum atomic E-state index is 8.70. The van der Waals surface area contributed by atoms with Crippen molar-refractivity contribution in [2.24, 2.45) is 5.73 Å². The van der Waals surface area contributed by atoms with Crippen LogP contribution in [0.3, 0.4) is 0 Å². The Bertz CT molecular complexity index is 90.1. The third kappa shape index (κ3) is 14.7. The van der Waals surface area contributed by atoms with Gasteiger partial charge >= 0.3 is 0 Å². The molecule has 13 heavy (non-hydrogen) atoms. The van der Waals surface area contributed by atoms with Gasteiger partial charge in [-0.15, -0.1) is 0 Å². The molecule has 3 heteroatoms. The van der Waals surface area contributed by atoms with Crippen LogP contribution < -0.4 is 5.73 Å². The van der Waals surface area contributed by atoms with E-state index in [-0.39, 0.29) is 0 Å². The number of hydrogen-bond acceptors (Lipinski definition) is 3. The van der Waals surface area contributed by atoms with Gasteiger partial charge in [-0.1, -0.05) is 20.8 Å². The summed E-state index contributed by atoms with van der Waals surface area (Å²) >= 11 is 0. The van der Waals surface area contributed by atoms with Crippen LogP contribution in [-0.4, -0.2) is 41.8 Å². The van der Waals surface area contributed by atoms with Crippen molar-refractivity contribution in [3.63, 3.8) is 0 Å². The average molecular weight is 190 g/mol. The van der Waals surface area contributed by atoms with E-state index in [1.54, 1.807) is 13.8 Å². The van der Waals surface area contributed by atoms with E-state index in [4.69, 9.17) is 10.8 Å². The molecule has 0 amide bonds. The lowest BCUT2D eigenvalue weighted by atomic mass is 10.1. The third-order valence-corrected chi connectivity index (χ3v) is 1.84. The minimum absolute atomic E-state index is 0.326. The van der Waals surface area contributed by atoms with Crippen molar-refractivity contribution in [1.82, 2.24) is 4.90 Å². The van der Waals surface area contributed by atoms with E-state index in [1.165, 1.54) is 19.6 Å². The molecule has 0 aliphatic carbocycles. The molecule has 0 unspecified atom stereocenters. The number of nitrogens with zero attached hydrogens (tertiary/aromatic N) is 1. The van der Waals surface area contributed by atoms with Gasteiger partial charge in [0.05, 0.1) is 5.60 Å². The minimum Gasteiger partial charge on any atom is -0.389 e. The topological polar surface area (TPSA) is 49.5 Å². The van der Waals surface area contributed by atoms with Crippen LogP contribution in [0.1, 0.15) is 34.6 Å². The molecule has 3 N–H and O–H groups in total. The first-order valence-electron chi connectivity index (χ1n) is 5.06. The predicted octanol–water partition coefficient (Wildman–Crippen LogP) is 1.06. The van der Waals surface area contributed by atoms with Gasteiger partial charge in [0.2, 0.25) is 0 Å². The summed E-state index contributed by atoms with van der Waals surface area (Å²) in [5.74, 6) is 0. The Morgan fingerprint density at radius 2 is 1.31 bits per heavy atom. The van der Waals surface area contributed by atoms with Crippen LogP contribution >= 0.6 is 0 Å². The molecule has 0 spiro atoms. The van der Waals surface area contributed by atoms with E-state index in [2.05, 4.69) is 25.7 Å². The van der Waals surface area contributed by atoms with Gasteiger partial charge in [0.1, 0.15) is 0 Å². The van der Waals surface area contributed by atoms with E-state index in [9.17, 15) is 0 Å². The molecule has 0 atom stereocenters. The maximum absolute atomic E-state index is 8.70. The first kappa shape index (κ1) is 15.4. The Labute approximate surface area is 82.9 Å². The summed E-state index contributed by atoms with van der Waals surface area (Å²) in [5.41, 5.74) is 4.38. The second-order valence-corrected chi connectivity index (χ2v) is 3.64. The fourth-order valence-corrected chi connectivity index (χ4v) is 0.671. The van der Waals surface area contributed by atoms with E-state index >= 15 is 0 Å². The lowest BCUT2D eigenvalue weighted by molar-refractivity contribution is 0.0898. The third-order valence-electron chi connectivity index (χ3n) is 1.84. The Balaban J connectivity index is 0. The predicted molar refractivity (Wildman–Crippen MR) is 58.8 cm³/mol. The van der Waals surface area contributed by atoms with Crippen LogP contribution in [-0.2, 0) is 0 Å². The number of hydrogen-bond donors (Lipinski definition) is 2. The summed E-state index contributed by atoms with van der Waals surface area (Å²) in [6.45, 7) is 13.8. The molecule has 0 heterocycles. The molecule has 0 saturated heterocycles. The molecule has 0 radical (unpaired) electrons. The highest BCUT2D eigenvalue weighted by molar-refractivity contribution is 4.63. The Morgan fingerprint density at radius 1 is 1.08 bits per heavy atom. The van der Waals surface area contributed by atoms with Crippen molar-refractivity contribution in [2.45, 2.75) is 40.2 Å². The highest BCUT2D eigenvalue weighted by Crippen LogP contribution is 1.93. The Morgan fingerprint density at radius 3 is 1.31 bits per heavy atom. The molecule has 0 fully saturated rings. The molecule has 0 aromatic carbocycles. The molecule has 0 rings (SSSR count). The van der Waals surface area contributed by atoms with Gasteiger partial charge in [-0.2, -0.15) is 0 Å². The summed E-state index contributed by atoms with van der Waals surface area (Å²) in [5, 5.41) is 8.70. The molecule has 0 aliphatic heterocycles. The molecule has 0 aromatic heterocycles. The summed E-state index contributed by atoms with van der Waals surface area (Å²) < 4.78 is 0. The summed E-state index contributed by atoms with van der Waals surface area (Å²) in [7, 11) is 0. The summed E-state index contributed by atoms with van der Waals surface area (Å²) in [6.07, 6.45) is 0. The molecule has 0 bridgehead atoms. The largest absolute Gasteiger partial charge is 0.389 e.